The van der Waals surface area contributed by atoms with Crippen LogP contribution in [0.2, 0.25) is 5.02 Å². The van der Waals surface area contributed by atoms with Crippen LogP contribution in [0.1, 0.15) is 32.6 Å². The SMILES string of the molecule is CC(CNCCCN1CCCCC1)Oc1cccc(Cl)c1. The summed E-state index contributed by atoms with van der Waals surface area (Å²) in [5, 5.41) is 4.19. The van der Waals surface area contributed by atoms with Crippen molar-refractivity contribution in [2.45, 2.75) is 38.7 Å². The second kappa shape index (κ2) is 9.29. The minimum Gasteiger partial charge on any atom is -0.489 e. The Morgan fingerprint density at radius 1 is 1.29 bits per heavy atom. The monoisotopic (exact) mass is 310 g/mol. The molecule has 1 fully saturated rings. The van der Waals surface area contributed by atoms with E-state index in [2.05, 4.69) is 17.1 Å². The van der Waals surface area contributed by atoms with E-state index in [4.69, 9.17) is 16.3 Å². The number of nitrogens with zero attached hydrogens (tertiary/aromatic N) is 1. The van der Waals surface area contributed by atoms with Crippen molar-refractivity contribution in [1.29, 1.82) is 0 Å². The highest BCUT2D eigenvalue weighted by molar-refractivity contribution is 6.30. The Morgan fingerprint density at radius 2 is 2.10 bits per heavy atom. The zero-order valence-electron chi connectivity index (χ0n) is 13.0. The standard InChI is InChI=1S/C17H27ClN2O/c1-15(21-17-8-5-7-16(18)13-17)14-19-9-6-12-20-10-3-2-4-11-20/h5,7-8,13,15,19H,2-4,6,9-12,14H2,1H3. The maximum Gasteiger partial charge on any atom is 0.121 e. The molecule has 0 aromatic heterocycles. The van der Waals surface area contributed by atoms with E-state index in [1.807, 2.05) is 24.3 Å². The Labute approximate surface area is 133 Å². The molecule has 0 spiro atoms. The van der Waals surface area contributed by atoms with Gasteiger partial charge in [0.25, 0.3) is 0 Å². The first-order valence-corrected chi connectivity index (χ1v) is 8.47. The predicted molar refractivity (Wildman–Crippen MR) is 89.3 cm³/mol. The van der Waals surface area contributed by atoms with Crippen LogP contribution in [-0.2, 0) is 0 Å². The fourth-order valence-electron chi connectivity index (χ4n) is 2.73. The normalized spacial score (nSPS) is 17.6. The summed E-state index contributed by atoms with van der Waals surface area (Å²) in [6, 6.07) is 7.57. The van der Waals surface area contributed by atoms with Gasteiger partial charge >= 0.3 is 0 Å². The van der Waals surface area contributed by atoms with Crippen LogP contribution >= 0.6 is 11.6 Å². The van der Waals surface area contributed by atoms with Gasteiger partial charge in [0, 0.05) is 11.6 Å². The topological polar surface area (TPSA) is 24.5 Å². The van der Waals surface area contributed by atoms with Gasteiger partial charge in [-0.3, -0.25) is 0 Å². The van der Waals surface area contributed by atoms with Crippen molar-refractivity contribution < 1.29 is 4.74 Å². The summed E-state index contributed by atoms with van der Waals surface area (Å²) < 4.78 is 5.83. The second-order valence-electron chi connectivity index (χ2n) is 5.85. The molecule has 0 aliphatic carbocycles. The highest BCUT2D eigenvalue weighted by Gasteiger charge is 2.09. The Morgan fingerprint density at radius 3 is 2.86 bits per heavy atom. The summed E-state index contributed by atoms with van der Waals surface area (Å²) in [5.41, 5.74) is 0. The summed E-state index contributed by atoms with van der Waals surface area (Å²) in [7, 11) is 0. The lowest BCUT2D eigenvalue weighted by atomic mass is 10.1. The molecule has 21 heavy (non-hydrogen) atoms. The summed E-state index contributed by atoms with van der Waals surface area (Å²) in [6.45, 7) is 7.80. The third-order valence-corrected chi connectivity index (χ3v) is 4.08. The molecule has 118 valence electrons. The zero-order valence-corrected chi connectivity index (χ0v) is 13.7. The van der Waals surface area contributed by atoms with Gasteiger partial charge in [-0.05, 0) is 70.6 Å². The summed E-state index contributed by atoms with van der Waals surface area (Å²) in [5.74, 6) is 0.838. The molecule has 1 aliphatic heterocycles. The van der Waals surface area contributed by atoms with Gasteiger partial charge < -0.3 is 15.0 Å². The smallest absolute Gasteiger partial charge is 0.121 e. The van der Waals surface area contributed by atoms with E-state index in [0.29, 0.717) is 5.02 Å². The Balaban J connectivity index is 1.53. The highest BCUT2D eigenvalue weighted by atomic mass is 35.5. The lowest BCUT2D eigenvalue weighted by molar-refractivity contribution is 0.209. The van der Waals surface area contributed by atoms with Crippen LogP contribution in [0.25, 0.3) is 0 Å². The van der Waals surface area contributed by atoms with Crippen LogP contribution in [0, 0.1) is 0 Å². The molecule has 3 nitrogen and oxygen atoms in total. The van der Waals surface area contributed by atoms with Crippen LogP contribution < -0.4 is 10.1 Å². The number of nitrogens with one attached hydrogen (secondary N) is 1. The molecule has 1 N–H and O–H groups in total. The van der Waals surface area contributed by atoms with Gasteiger partial charge in [0.1, 0.15) is 11.9 Å². The van der Waals surface area contributed by atoms with Crippen molar-refractivity contribution >= 4 is 11.6 Å². The van der Waals surface area contributed by atoms with E-state index in [1.54, 1.807) is 0 Å². The molecule has 1 saturated heterocycles. The minimum absolute atomic E-state index is 0.151. The van der Waals surface area contributed by atoms with Crippen molar-refractivity contribution in [3.05, 3.63) is 29.3 Å². The molecule has 1 unspecified atom stereocenters. The van der Waals surface area contributed by atoms with Crippen molar-refractivity contribution in [3.8, 4) is 5.75 Å². The maximum atomic E-state index is 5.95. The lowest BCUT2D eigenvalue weighted by Crippen LogP contribution is -2.34. The van der Waals surface area contributed by atoms with Crippen molar-refractivity contribution in [3.63, 3.8) is 0 Å². The minimum atomic E-state index is 0.151. The average Bonchev–Trinajstić information content (AvgIpc) is 2.48. The molecular weight excluding hydrogens is 284 g/mol. The van der Waals surface area contributed by atoms with Crippen molar-refractivity contribution in [2.24, 2.45) is 0 Å². The number of hydrogen-bond donors (Lipinski definition) is 1. The molecule has 1 aromatic rings. The molecule has 1 atom stereocenters. The maximum absolute atomic E-state index is 5.95. The third kappa shape index (κ3) is 6.68. The third-order valence-electron chi connectivity index (χ3n) is 3.84. The van der Waals surface area contributed by atoms with Gasteiger partial charge in [0.2, 0.25) is 0 Å². The molecular formula is C17H27ClN2O. The van der Waals surface area contributed by atoms with Crippen LogP contribution in [0.15, 0.2) is 24.3 Å². The molecule has 2 rings (SSSR count). The first-order chi connectivity index (χ1) is 10.2. The Kier molecular flexibility index (Phi) is 7.34. The first-order valence-electron chi connectivity index (χ1n) is 8.09. The van der Waals surface area contributed by atoms with E-state index >= 15 is 0 Å². The number of rotatable bonds is 8. The molecule has 4 heteroatoms. The summed E-state index contributed by atoms with van der Waals surface area (Å²) >= 11 is 5.95. The number of piperidine rings is 1. The van der Waals surface area contributed by atoms with Crippen LogP contribution in [-0.4, -0.2) is 43.7 Å². The second-order valence-corrected chi connectivity index (χ2v) is 6.28. The van der Waals surface area contributed by atoms with Gasteiger partial charge in [0.15, 0.2) is 0 Å². The molecule has 1 aliphatic rings. The molecule has 0 amide bonds. The number of hydrogen-bond acceptors (Lipinski definition) is 3. The molecule has 0 bridgehead atoms. The first kappa shape index (κ1) is 16.6. The van der Waals surface area contributed by atoms with E-state index in [1.165, 1.54) is 45.3 Å². The lowest BCUT2D eigenvalue weighted by Gasteiger charge is -2.26. The number of benzene rings is 1. The van der Waals surface area contributed by atoms with Crippen molar-refractivity contribution in [1.82, 2.24) is 10.2 Å². The van der Waals surface area contributed by atoms with Crippen LogP contribution in [0.4, 0.5) is 0 Å². The predicted octanol–water partition coefficient (Wildman–Crippen LogP) is 3.57. The molecule has 1 heterocycles. The number of halogens is 1. The zero-order chi connectivity index (χ0) is 14.9. The van der Waals surface area contributed by atoms with Gasteiger partial charge in [-0.15, -0.1) is 0 Å². The van der Waals surface area contributed by atoms with E-state index < -0.39 is 0 Å². The fourth-order valence-corrected chi connectivity index (χ4v) is 2.91. The van der Waals surface area contributed by atoms with E-state index in [0.717, 1.165) is 18.8 Å². The van der Waals surface area contributed by atoms with E-state index in [-0.39, 0.29) is 6.10 Å². The summed E-state index contributed by atoms with van der Waals surface area (Å²) in [4.78, 5) is 2.58. The molecule has 0 saturated carbocycles. The van der Waals surface area contributed by atoms with Crippen LogP contribution in [0.5, 0.6) is 5.75 Å². The highest BCUT2D eigenvalue weighted by Crippen LogP contribution is 2.18. The molecule has 0 radical (unpaired) electrons. The van der Waals surface area contributed by atoms with E-state index in [9.17, 15) is 0 Å². The van der Waals surface area contributed by atoms with Gasteiger partial charge in [-0.2, -0.15) is 0 Å². The molecule has 1 aromatic carbocycles. The summed E-state index contributed by atoms with van der Waals surface area (Å²) in [6.07, 6.45) is 5.52. The number of likely N-dealkylation sites (tertiary alicyclic amines) is 1. The average molecular weight is 311 g/mol. The largest absolute Gasteiger partial charge is 0.489 e. The van der Waals surface area contributed by atoms with Gasteiger partial charge in [0.05, 0.1) is 0 Å². The van der Waals surface area contributed by atoms with Gasteiger partial charge in [-0.1, -0.05) is 24.1 Å². The Bertz CT molecular complexity index is 408. The Hall–Kier alpha value is -0.770. The quantitative estimate of drug-likeness (QED) is 0.743. The van der Waals surface area contributed by atoms with Gasteiger partial charge in [-0.25, -0.2) is 0 Å². The fraction of sp³-hybridized carbons (Fsp3) is 0.647. The van der Waals surface area contributed by atoms with Crippen molar-refractivity contribution in [2.75, 3.05) is 32.7 Å². The number of ether oxygens (including phenoxy) is 1. The van der Waals surface area contributed by atoms with Crippen LogP contribution in [0.3, 0.4) is 0 Å².